The van der Waals surface area contributed by atoms with Gasteiger partial charge in [-0.25, -0.2) is 4.79 Å². The molecule has 0 bridgehead atoms. The number of hydrogen-bond donors (Lipinski definition) is 1. The summed E-state index contributed by atoms with van der Waals surface area (Å²) in [5.41, 5.74) is 6.45. The maximum Gasteiger partial charge on any atom is 0.410 e. The predicted molar refractivity (Wildman–Crippen MR) is 77.0 cm³/mol. The van der Waals surface area contributed by atoms with E-state index in [1.54, 1.807) is 11.9 Å². The summed E-state index contributed by atoms with van der Waals surface area (Å²) < 4.78 is 5.35. The molecule has 4 nitrogen and oxygen atoms in total. The molecular weight excluding hydrogens is 240 g/mol. The van der Waals surface area contributed by atoms with Crippen LogP contribution < -0.4 is 5.73 Å². The van der Waals surface area contributed by atoms with Crippen molar-refractivity contribution in [3.63, 3.8) is 0 Å². The molecule has 0 aromatic heterocycles. The molecule has 2 N–H and O–H groups in total. The van der Waals surface area contributed by atoms with E-state index in [-0.39, 0.29) is 12.1 Å². The van der Waals surface area contributed by atoms with Gasteiger partial charge in [-0.1, -0.05) is 30.3 Å². The molecule has 4 heteroatoms. The highest BCUT2D eigenvalue weighted by molar-refractivity contribution is 5.68. The number of amides is 1. The first-order valence-electron chi connectivity index (χ1n) is 6.53. The molecule has 0 saturated carbocycles. The smallest absolute Gasteiger partial charge is 0.410 e. The van der Waals surface area contributed by atoms with Gasteiger partial charge in [0.15, 0.2) is 0 Å². The van der Waals surface area contributed by atoms with Crippen LogP contribution in [-0.4, -0.2) is 36.2 Å². The molecule has 0 aliphatic carbocycles. The van der Waals surface area contributed by atoms with E-state index >= 15 is 0 Å². The summed E-state index contributed by atoms with van der Waals surface area (Å²) in [5, 5.41) is 0. The van der Waals surface area contributed by atoms with Crippen LogP contribution >= 0.6 is 0 Å². The molecule has 0 saturated heterocycles. The van der Waals surface area contributed by atoms with Crippen LogP contribution in [0.1, 0.15) is 26.3 Å². The Morgan fingerprint density at radius 1 is 1.32 bits per heavy atom. The Hall–Kier alpha value is -1.55. The van der Waals surface area contributed by atoms with Crippen LogP contribution in [0, 0.1) is 0 Å². The summed E-state index contributed by atoms with van der Waals surface area (Å²) in [6, 6.07) is 9.94. The van der Waals surface area contributed by atoms with Crippen molar-refractivity contribution < 1.29 is 9.53 Å². The molecule has 0 aliphatic rings. The molecular formula is C15H24N2O2. The number of carbonyl (C=O) groups is 1. The molecule has 0 spiro atoms. The molecule has 1 amide bonds. The SMILES string of the molecule is CN(C(=O)OC(C)(C)C)C(CN)Cc1ccccc1. The largest absolute Gasteiger partial charge is 0.444 e. The summed E-state index contributed by atoms with van der Waals surface area (Å²) in [4.78, 5) is 13.6. The summed E-state index contributed by atoms with van der Waals surface area (Å²) in [6.07, 6.45) is 0.395. The Morgan fingerprint density at radius 3 is 2.37 bits per heavy atom. The van der Waals surface area contributed by atoms with Gasteiger partial charge in [0.1, 0.15) is 5.60 Å². The average molecular weight is 264 g/mol. The van der Waals surface area contributed by atoms with E-state index in [9.17, 15) is 4.79 Å². The molecule has 0 aliphatic heterocycles. The van der Waals surface area contributed by atoms with Gasteiger partial charge in [0, 0.05) is 13.6 Å². The van der Waals surface area contributed by atoms with Crippen LogP contribution in [0.4, 0.5) is 4.79 Å². The molecule has 1 atom stereocenters. The number of rotatable bonds is 4. The summed E-state index contributed by atoms with van der Waals surface area (Å²) in [6.45, 7) is 5.97. The Kier molecular flexibility index (Phi) is 5.36. The van der Waals surface area contributed by atoms with Gasteiger partial charge < -0.3 is 15.4 Å². The lowest BCUT2D eigenvalue weighted by atomic mass is 10.1. The third-order valence-electron chi connectivity index (χ3n) is 2.82. The van der Waals surface area contributed by atoms with Gasteiger partial charge in [-0.05, 0) is 32.8 Å². The van der Waals surface area contributed by atoms with E-state index in [1.807, 2.05) is 51.1 Å². The van der Waals surface area contributed by atoms with Gasteiger partial charge in [0.2, 0.25) is 0 Å². The van der Waals surface area contributed by atoms with Crippen molar-refractivity contribution in [3.8, 4) is 0 Å². The van der Waals surface area contributed by atoms with Gasteiger partial charge >= 0.3 is 6.09 Å². The van der Waals surface area contributed by atoms with E-state index in [1.165, 1.54) is 0 Å². The number of carbonyl (C=O) groups excluding carboxylic acids is 1. The number of hydrogen-bond acceptors (Lipinski definition) is 3. The molecule has 1 aromatic carbocycles. The van der Waals surface area contributed by atoms with E-state index in [4.69, 9.17) is 10.5 Å². The minimum Gasteiger partial charge on any atom is -0.444 e. The summed E-state index contributed by atoms with van der Waals surface area (Å²) in [7, 11) is 1.73. The quantitative estimate of drug-likeness (QED) is 0.908. The lowest BCUT2D eigenvalue weighted by Crippen LogP contribution is -2.45. The minimum absolute atomic E-state index is 0.0581. The second-order valence-corrected chi connectivity index (χ2v) is 5.67. The Bertz CT molecular complexity index is 398. The van der Waals surface area contributed by atoms with Crippen molar-refractivity contribution in [1.82, 2.24) is 4.90 Å². The molecule has 1 rings (SSSR count). The average Bonchev–Trinajstić information content (AvgIpc) is 2.34. The normalized spacial score (nSPS) is 12.9. The Labute approximate surface area is 115 Å². The van der Waals surface area contributed by atoms with E-state index in [0.29, 0.717) is 6.54 Å². The number of benzene rings is 1. The van der Waals surface area contributed by atoms with Crippen LogP contribution in [0.2, 0.25) is 0 Å². The maximum absolute atomic E-state index is 12.0. The molecule has 1 unspecified atom stereocenters. The van der Waals surface area contributed by atoms with Crippen molar-refractivity contribution in [2.24, 2.45) is 5.73 Å². The van der Waals surface area contributed by atoms with Crippen LogP contribution in [0.15, 0.2) is 30.3 Å². The summed E-state index contributed by atoms with van der Waals surface area (Å²) >= 11 is 0. The molecule has 106 valence electrons. The second kappa shape index (κ2) is 6.57. The first kappa shape index (κ1) is 15.5. The van der Waals surface area contributed by atoms with Gasteiger partial charge in [0.25, 0.3) is 0 Å². The molecule has 0 heterocycles. The lowest BCUT2D eigenvalue weighted by Gasteiger charge is -2.30. The highest BCUT2D eigenvalue weighted by atomic mass is 16.6. The molecule has 0 fully saturated rings. The van der Waals surface area contributed by atoms with Crippen LogP contribution in [0.5, 0.6) is 0 Å². The summed E-state index contributed by atoms with van der Waals surface area (Å²) in [5.74, 6) is 0. The van der Waals surface area contributed by atoms with E-state index < -0.39 is 5.60 Å². The third kappa shape index (κ3) is 5.30. The Morgan fingerprint density at radius 2 is 1.89 bits per heavy atom. The zero-order valence-corrected chi connectivity index (χ0v) is 12.2. The van der Waals surface area contributed by atoms with E-state index in [0.717, 1.165) is 12.0 Å². The predicted octanol–water partition coefficient (Wildman–Crippen LogP) is 2.42. The van der Waals surface area contributed by atoms with Crippen molar-refractivity contribution in [1.29, 1.82) is 0 Å². The van der Waals surface area contributed by atoms with E-state index in [2.05, 4.69) is 0 Å². The van der Waals surface area contributed by atoms with Crippen molar-refractivity contribution in [2.75, 3.05) is 13.6 Å². The molecule has 19 heavy (non-hydrogen) atoms. The Balaban J connectivity index is 2.66. The highest BCUT2D eigenvalue weighted by Crippen LogP contribution is 2.13. The minimum atomic E-state index is -0.489. The third-order valence-corrected chi connectivity index (χ3v) is 2.82. The standard InChI is InChI=1S/C15H24N2O2/c1-15(2,3)19-14(18)17(4)13(11-16)10-12-8-6-5-7-9-12/h5-9,13H,10-11,16H2,1-4H3. The lowest BCUT2D eigenvalue weighted by molar-refractivity contribution is 0.0228. The fourth-order valence-corrected chi connectivity index (χ4v) is 1.75. The van der Waals surface area contributed by atoms with Crippen LogP contribution in [0.3, 0.4) is 0 Å². The van der Waals surface area contributed by atoms with Gasteiger partial charge in [-0.2, -0.15) is 0 Å². The fraction of sp³-hybridized carbons (Fsp3) is 0.533. The number of nitrogens with two attached hydrogens (primary N) is 1. The number of nitrogens with zero attached hydrogens (tertiary/aromatic N) is 1. The first-order chi connectivity index (χ1) is 8.83. The zero-order valence-electron chi connectivity index (χ0n) is 12.2. The zero-order chi connectivity index (χ0) is 14.5. The van der Waals surface area contributed by atoms with Crippen LogP contribution in [0.25, 0.3) is 0 Å². The first-order valence-corrected chi connectivity index (χ1v) is 6.53. The highest BCUT2D eigenvalue weighted by Gasteiger charge is 2.24. The van der Waals surface area contributed by atoms with Gasteiger partial charge in [0.05, 0.1) is 6.04 Å². The number of likely N-dealkylation sites (N-methyl/N-ethyl adjacent to an activating group) is 1. The number of ether oxygens (including phenoxy) is 1. The van der Waals surface area contributed by atoms with Gasteiger partial charge in [-0.15, -0.1) is 0 Å². The fourth-order valence-electron chi connectivity index (χ4n) is 1.75. The van der Waals surface area contributed by atoms with Gasteiger partial charge in [-0.3, -0.25) is 0 Å². The second-order valence-electron chi connectivity index (χ2n) is 5.67. The van der Waals surface area contributed by atoms with Crippen molar-refractivity contribution >= 4 is 6.09 Å². The van der Waals surface area contributed by atoms with Crippen molar-refractivity contribution in [3.05, 3.63) is 35.9 Å². The van der Waals surface area contributed by atoms with Crippen molar-refractivity contribution in [2.45, 2.75) is 38.8 Å². The monoisotopic (exact) mass is 264 g/mol. The topological polar surface area (TPSA) is 55.6 Å². The maximum atomic E-state index is 12.0. The molecule has 1 aromatic rings. The van der Waals surface area contributed by atoms with Crippen LogP contribution in [-0.2, 0) is 11.2 Å². The molecule has 0 radical (unpaired) electrons.